The van der Waals surface area contributed by atoms with Gasteiger partial charge in [-0.1, -0.05) is 58.4 Å². The van der Waals surface area contributed by atoms with Crippen molar-refractivity contribution in [1.29, 1.82) is 0 Å². The number of carbonyl (C=O) groups is 1. The van der Waals surface area contributed by atoms with Crippen molar-refractivity contribution < 1.29 is 4.79 Å². The van der Waals surface area contributed by atoms with Crippen LogP contribution in [0.4, 0.5) is 5.69 Å². The summed E-state index contributed by atoms with van der Waals surface area (Å²) < 4.78 is 1.24. The number of anilines is 1. The lowest BCUT2D eigenvalue weighted by atomic mass is 9.81. The van der Waals surface area contributed by atoms with Crippen LogP contribution < -0.4 is 5.32 Å². The topological polar surface area (TPSA) is 29.1 Å². The molecule has 0 aromatic heterocycles. The van der Waals surface area contributed by atoms with Gasteiger partial charge in [-0.05, 0) is 85.0 Å². The van der Waals surface area contributed by atoms with Gasteiger partial charge in [-0.25, -0.2) is 0 Å². The molecule has 142 valence electrons. The number of benzene rings is 3. The number of nitrogens with one attached hydrogen (secondary N) is 1. The van der Waals surface area contributed by atoms with Gasteiger partial charge in [0.2, 0.25) is 0 Å². The molecule has 2 nitrogen and oxygen atoms in total. The van der Waals surface area contributed by atoms with Crippen LogP contribution in [0.5, 0.6) is 0 Å². The highest BCUT2D eigenvalue weighted by molar-refractivity contribution is 9.10. The molecular weight excluding hydrogens is 410 g/mol. The Morgan fingerprint density at radius 1 is 1.04 bits per heavy atom. The molecule has 0 saturated carbocycles. The van der Waals surface area contributed by atoms with E-state index in [1.54, 1.807) is 0 Å². The molecule has 0 fully saturated rings. The number of hydrogen-bond donors (Lipinski definition) is 1. The van der Waals surface area contributed by atoms with Crippen LogP contribution in [0.25, 0.3) is 0 Å². The molecule has 3 aromatic rings. The highest BCUT2D eigenvalue weighted by atomic mass is 79.9. The van der Waals surface area contributed by atoms with E-state index in [1.165, 1.54) is 27.6 Å². The van der Waals surface area contributed by atoms with Crippen LogP contribution in [-0.4, -0.2) is 5.91 Å². The van der Waals surface area contributed by atoms with Gasteiger partial charge >= 0.3 is 0 Å². The van der Waals surface area contributed by atoms with Gasteiger partial charge in [0.25, 0.3) is 5.91 Å². The molecule has 3 aromatic carbocycles. The van der Waals surface area contributed by atoms with Gasteiger partial charge in [0.15, 0.2) is 0 Å². The predicted molar refractivity (Wildman–Crippen MR) is 119 cm³/mol. The van der Waals surface area contributed by atoms with Gasteiger partial charge in [0, 0.05) is 15.7 Å². The summed E-state index contributed by atoms with van der Waals surface area (Å²) in [5.74, 6) is 0.603. The third-order valence-corrected chi connectivity index (χ3v) is 6.40. The van der Waals surface area contributed by atoms with E-state index in [2.05, 4.69) is 51.6 Å². The van der Waals surface area contributed by atoms with E-state index in [0.717, 1.165) is 30.5 Å². The van der Waals surface area contributed by atoms with Crippen LogP contribution in [0.2, 0.25) is 0 Å². The van der Waals surface area contributed by atoms with Gasteiger partial charge in [0.05, 0.1) is 0 Å². The summed E-state index contributed by atoms with van der Waals surface area (Å²) in [6.07, 6.45) is 4.54. The molecule has 1 atom stereocenters. The molecule has 3 heteroatoms. The minimum atomic E-state index is -0.0581. The number of aryl methyl sites for hydroxylation is 1. The number of para-hydroxylation sites is 1. The van der Waals surface area contributed by atoms with Crippen molar-refractivity contribution in [2.75, 3.05) is 5.32 Å². The summed E-state index contributed by atoms with van der Waals surface area (Å²) in [7, 11) is 0. The number of carbonyl (C=O) groups excluding carboxylic acids is 1. The molecule has 1 aliphatic carbocycles. The Labute approximate surface area is 175 Å². The zero-order chi connectivity index (χ0) is 19.5. The highest BCUT2D eigenvalue weighted by Gasteiger charge is 2.20. The van der Waals surface area contributed by atoms with E-state index in [9.17, 15) is 4.79 Å². The van der Waals surface area contributed by atoms with Crippen molar-refractivity contribution in [2.45, 2.75) is 32.6 Å². The van der Waals surface area contributed by atoms with Crippen LogP contribution in [-0.2, 0) is 19.3 Å². The summed E-state index contributed by atoms with van der Waals surface area (Å²) in [6.45, 7) is 2.00. The van der Waals surface area contributed by atoms with Crippen LogP contribution in [0.1, 0.15) is 39.0 Å². The Morgan fingerprint density at radius 2 is 1.82 bits per heavy atom. The Kier molecular flexibility index (Phi) is 5.63. The van der Waals surface area contributed by atoms with Gasteiger partial charge in [-0.15, -0.1) is 0 Å². The second-order valence-electron chi connectivity index (χ2n) is 7.66. The van der Waals surface area contributed by atoms with Gasteiger partial charge in [-0.3, -0.25) is 4.79 Å². The van der Waals surface area contributed by atoms with Gasteiger partial charge < -0.3 is 5.32 Å². The van der Waals surface area contributed by atoms with Gasteiger partial charge in [0.1, 0.15) is 0 Å². The molecule has 0 heterocycles. The number of fused-ring (bicyclic) bond motifs is 1. The molecule has 4 rings (SSSR count). The van der Waals surface area contributed by atoms with Crippen molar-refractivity contribution in [3.8, 4) is 0 Å². The lowest BCUT2D eigenvalue weighted by molar-refractivity contribution is 0.102. The van der Waals surface area contributed by atoms with Crippen LogP contribution in [0.3, 0.4) is 0 Å². The third-order valence-electron chi connectivity index (χ3n) is 5.66. The molecule has 0 spiro atoms. The minimum absolute atomic E-state index is 0.0581. The van der Waals surface area contributed by atoms with E-state index in [1.807, 2.05) is 43.3 Å². The first kappa shape index (κ1) is 18.9. The largest absolute Gasteiger partial charge is 0.322 e. The number of hydrogen-bond acceptors (Lipinski definition) is 1. The number of halogens is 1. The summed E-state index contributed by atoms with van der Waals surface area (Å²) in [5, 5.41) is 3.00. The van der Waals surface area contributed by atoms with Crippen molar-refractivity contribution in [1.82, 2.24) is 0 Å². The SMILES string of the molecule is Cc1ccccc1NC(=O)c1ccc(CC2CCc3c(Br)cccc3C2)cc1. The van der Waals surface area contributed by atoms with E-state index < -0.39 is 0 Å². The Balaban J connectivity index is 1.40. The van der Waals surface area contributed by atoms with E-state index in [-0.39, 0.29) is 5.91 Å². The van der Waals surface area contributed by atoms with Crippen molar-refractivity contribution in [2.24, 2.45) is 5.92 Å². The first-order valence-electron chi connectivity index (χ1n) is 9.82. The second-order valence-corrected chi connectivity index (χ2v) is 8.51. The molecule has 0 saturated heterocycles. The van der Waals surface area contributed by atoms with Crippen LogP contribution in [0, 0.1) is 12.8 Å². The Bertz CT molecular complexity index is 994. The second kappa shape index (κ2) is 8.32. The summed E-state index contributed by atoms with van der Waals surface area (Å²) in [6, 6.07) is 22.5. The maximum absolute atomic E-state index is 12.5. The first-order chi connectivity index (χ1) is 13.6. The zero-order valence-electron chi connectivity index (χ0n) is 16.0. The smallest absolute Gasteiger partial charge is 0.255 e. The van der Waals surface area contributed by atoms with Crippen LogP contribution >= 0.6 is 15.9 Å². The quantitative estimate of drug-likeness (QED) is 0.509. The van der Waals surface area contributed by atoms with Crippen molar-refractivity contribution in [3.63, 3.8) is 0 Å². The third kappa shape index (κ3) is 4.20. The molecule has 1 unspecified atom stereocenters. The fourth-order valence-electron chi connectivity index (χ4n) is 4.04. The summed E-state index contributed by atoms with van der Waals surface area (Å²) in [5.41, 5.74) is 6.88. The highest BCUT2D eigenvalue weighted by Crippen LogP contribution is 2.32. The minimum Gasteiger partial charge on any atom is -0.322 e. The predicted octanol–water partition coefficient (Wildman–Crippen LogP) is 6.36. The molecule has 0 bridgehead atoms. The summed E-state index contributed by atoms with van der Waals surface area (Å²) in [4.78, 5) is 12.5. The molecule has 0 radical (unpaired) electrons. The lowest BCUT2D eigenvalue weighted by Crippen LogP contribution is -2.17. The molecule has 28 heavy (non-hydrogen) atoms. The van der Waals surface area contributed by atoms with Crippen molar-refractivity contribution >= 4 is 27.5 Å². The van der Waals surface area contributed by atoms with E-state index >= 15 is 0 Å². The summed E-state index contributed by atoms with van der Waals surface area (Å²) >= 11 is 3.68. The van der Waals surface area contributed by atoms with Crippen LogP contribution in [0.15, 0.2) is 71.2 Å². The fourth-order valence-corrected chi connectivity index (χ4v) is 4.65. The maximum atomic E-state index is 12.5. The normalized spacial score (nSPS) is 15.7. The first-order valence-corrected chi connectivity index (χ1v) is 10.6. The van der Waals surface area contributed by atoms with Gasteiger partial charge in [-0.2, -0.15) is 0 Å². The number of rotatable bonds is 4. The monoisotopic (exact) mass is 433 g/mol. The standard InChI is InChI=1S/C25H24BrNO/c1-17-5-2-3-8-24(17)27-25(28)20-12-9-18(10-13-20)15-19-11-14-22-21(16-19)6-4-7-23(22)26/h2-10,12-13,19H,11,14-16H2,1H3,(H,27,28). The molecule has 1 aliphatic rings. The molecule has 1 amide bonds. The average molecular weight is 434 g/mol. The maximum Gasteiger partial charge on any atom is 0.255 e. The fraction of sp³-hybridized carbons (Fsp3) is 0.240. The lowest BCUT2D eigenvalue weighted by Gasteiger charge is -2.25. The van der Waals surface area contributed by atoms with E-state index in [4.69, 9.17) is 0 Å². The Hall–Kier alpha value is -2.39. The molecule has 0 aliphatic heterocycles. The zero-order valence-corrected chi connectivity index (χ0v) is 17.6. The van der Waals surface area contributed by atoms with E-state index in [0.29, 0.717) is 11.5 Å². The Morgan fingerprint density at radius 3 is 2.61 bits per heavy atom. The molecule has 1 N–H and O–H groups in total. The number of amides is 1. The van der Waals surface area contributed by atoms with Crippen molar-refractivity contribution in [3.05, 3.63) is 99.0 Å². The molecular formula is C25H24BrNO. The average Bonchev–Trinajstić information content (AvgIpc) is 2.70.